The number of benzene rings is 1. The molecular formula is C20H25N3O2. The summed E-state index contributed by atoms with van der Waals surface area (Å²) >= 11 is 0. The molecule has 1 aromatic heterocycles. The first-order valence-electron chi connectivity index (χ1n) is 9.13. The van der Waals surface area contributed by atoms with E-state index < -0.39 is 5.54 Å². The van der Waals surface area contributed by atoms with Crippen LogP contribution >= 0.6 is 0 Å². The van der Waals surface area contributed by atoms with Crippen molar-refractivity contribution in [2.75, 3.05) is 19.6 Å². The Morgan fingerprint density at radius 1 is 1.24 bits per heavy atom. The standard InChI is InChI=1S/C20H25N3O2/c1-13(2)8-10-22-12-17(24)23-11-9-15-14-6-4-5-7-16(14)21-18(15)20(23,3)19(22)25/h4-7,13,21H,8-12H2,1-3H3/t20-/m0/s1. The highest BCUT2D eigenvalue weighted by Gasteiger charge is 2.53. The summed E-state index contributed by atoms with van der Waals surface area (Å²) in [7, 11) is 0. The number of hydrogen-bond acceptors (Lipinski definition) is 2. The van der Waals surface area contributed by atoms with Crippen molar-refractivity contribution in [2.45, 2.75) is 39.2 Å². The number of carbonyl (C=O) groups excluding carboxylic acids is 2. The molecule has 1 saturated heterocycles. The van der Waals surface area contributed by atoms with Crippen LogP contribution in [0.3, 0.4) is 0 Å². The van der Waals surface area contributed by atoms with E-state index in [1.54, 1.807) is 9.80 Å². The second-order valence-electron chi connectivity index (χ2n) is 7.80. The summed E-state index contributed by atoms with van der Waals surface area (Å²) in [6.07, 6.45) is 1.70. The summed E-state index contributed by atoms with van der Waals surface area (Å²) < 4.78 is 0. The van der Waals surface area contributed by atoms with Crippen molar-refractivity contribution in [1.82, 2.24) is 14.8 Å². The largest absolute Gasteiger partial charge is 0.356 e. The Labute approximate surface area is 148 Å². The van der Waals surface area contributed by atoms with E-state index in [0.717, 1.165) is 29.4 Å². The lowest BCUT2D eigenvalue weighted by Gasteiger charge is -2.49. The molecule has 5 heteroatoms. The lowest BCUT2D eigenvalue weighted by atomic mass is 9.83. The normalized spacial score (nSPS) is 23.4. The summed E-state index contributed by atoms with van der Waals surface area (Å²) in [4.78, 5) is 33.1. The fourth-order valence-corrected chi connectivity index (χ4v) is 4.28. The minimum atomic E-state index is -0.918. The molecule has 132 valence electrons. The van der Waals surface area contributed by atoms with Gasteiger partial charge in [0.15, 0.2) is 5.54 Å². The van der Waals surface area contributed by atoms with Gasteiger partial charge in [0.1, 0.15) is 0 Å². The number of carbonyl (C=O) groups is 2. The Bertz CT molecular complexity index is 854. The molecule has 1 N–H and O–H groups in total. The number of H-pyrrole nitrogens is 1. The Morgan fingerprint density at radius 3 is 2.76 bits per heavy atom. The van der Waals surface area contributed by atoms with Crippen LogP contribution < -0.4 is 0 Å². The molecule has 0 unspecified atom stereocenters. The van der Waals surface area contributed by atoms with Crippen molar-refractivity contribution in [2.24, 2.45) is 5.92 Å². The summed E-state index contributed by atoms with van der Waals surface area (Å²) in [6.45, 7) is 7.63. The molecule has 5 nitrogen and oxygen atoms in total. The molecule has 2 amide bonds. The topological polar surface area (TPSA) is 56.4 Å². The second-order valence-corrected chi connectivity index (χ2v) is 7.80. The highest BCUT2D eigenvalue weighted by Crippen LogP contribution is 2.41. The summed E-state index contributed by atoms with van der Waals surface area (Å²) in [5.41, 5.74) is 2.20. The number of piperazine rings is 1. The van der Waals surface area contributed by atoms with Gasteiger partial charge in [0.2, 0.25) is 5.91 Å². The van der Waals surface area contributed by atoms with Gasteiger partial charge in [0.05, 0.1) is 12.2 Å². The van der Waals surface area contributed by atoms with Gasteiger partial charge in [-0.25, -0.2) is 0 Å². The lowest BCUT2D eigenvalue weighted by molar-refractivity contribution is -0.166. The first kappa shape index (κ1) is 16.2. The molecule has 3 heterocycles. The van der Waals surface area contributed by atoms with Crippen molar-refractivity contribution in [3.63, 3.8) is 0 Å². The average Bonchev–Trinajstić information content (AvgIpc) is 2.97. The molecule has 2 aromatic rings. The SMILES string of the molecule is CC(C)CCN1CC(=O)N2CCc3c([nH]c4ccccc34)[C@@]2(C)C1=O. The quantitative estimate of drug-likeness (QED) is 0.935. The number of nitrogens with zero attached hydrogens (tertiary/aromatic N) is 2. The van der Waals surface area contributed by atoms with Gasteiger partial charge in [-0.15, -0.1) is 0 Å². The van der Waals surface area contributed by atoms with E-state index in [2.05, 4.69) is 24.9 Å². The zero-order valence-corrected chi connectivity index (χ0v) is 15.1. The van der Waals surface area contributed by atoms with Gasteiger partial charge < -0.3 is 14.8 Å². The predicted molar refractivity (Wildman–Crippen MR) is 97.1 cm³/mol. The highest BCUT2D eigenvalue weighted by molar-refractivity contribution is 6.00. The zero-order chi connectivity index (χ0) is 17.8. The number of rotatable bonds is 3. The second kappa shape index (κ2) is 5.61. The molecule has 0 radical (unpaired) electrons. The fourth-order valence-electron chi connectivity index (χ4n) is 4.28. The molecule has 0 bridgehead atoms. The van der Waals surface area contributed by atoms with Gasteiger partial charge in [0, 0.05) is 24.0 Å². The van der Waals surface area contributed by atoms with Crippen LogP contribution in [0.2, 0.25) is 0 Å². The fraction of sp³-hybridized carbons (Fsp3) is 0.500. The molecule has 2 aliphatic heterocycles. The van der Waals surface area contributed by atoms with Crippen LogP contribution in [0.15, 0.2) is 24.3 Å². The maximum atomic E-state index is 13.4. The minimum Gasteiger partial charge on any atom is -0.356 e. The third kappa shape index (κ3) is 2.29. The third-order valence-electron chi connectivity index (χ3n) is 5.73. The Balaban J connectivity index is 1.80. The van der Waals surface area contributed by atoms with Crippen molar-refractivity contribution in [3.8, 4) is 0 Å². The van der Waals surface area contributed by atoms with E-state index in [4.69, 9.17) is 0 Å². The summed E-state index contributed by atoms with van der Waals surface area (Å²) in [5, 5.41) is 1.16. The first-order chi connectivity index (χ1) is 11.9. The minimum absolute atomic E-state index is 0.0419. The van der Waals surface area contributed by atoms with Crippen LogP contribution in [-0.2, 0) is 21.5 Å². The molecule has 0 spiro atoms. The van der Waals surface area contributed by atoms with Gasteiger partial charge in [0.25, 0.3) is 5.91 Å². The van der Waals surface area contributed by atoms with E-state index in [9.17, 15) is 9.59 Å². The van der Waals surface area contributed by atoms with Crippen LogP contribution in [0, 0.1) is 5.92 Å². The lowest BCUT2D eigenvalue weighted by Crippen LogP contribution is -2.67. The summed E-state index contributed by atoms with van der Waals surface area (Å²) in [6, 6.07) is 8.14. The number of amides is 2. The Kier molecular flexibility index (Phi) is 3.63. The van der Waals surface area contributed by atoms with Gasteiger partial charge >= 0.3 is 0 Å². The first-order valence-corrected chi connectivity index (χ1v) is 9.13. The highest BCUT2D eigenvalue weighted by atomic mass is 16.2. The Morgan fingerprint density at radius 2 is 2.00 bits per heavy atom. The van der Waals surface area contributed by atoms with Crippen LogP contribution in [0.1, 0.15) is 38.4 Å². The molecule has 4 rings (SSSR count). The third-order valence-corrected chi connectivity index (χ3v) is 5.73. The van der Waals surface area contributed by atoms with Crippen molar-refractivity contribution < 1.29 is 9.59 Å². The maximum Gasteiger partial charge on any atom is 0.254 e. The van der Waals surface area contributed by atoms with E-state index in [1.807, 2.05) is 25.1 Å². The number of fused-ring (bicyclic) bond motifs is 5. The van der Waals surface area contributed by atoms with Gasteiger partial charge in [-0.1, -0.05) is 32.0 Å². The molecule has 0 saturated carbocycles. The van der Waals surface area contributed by atoms with Crippen LogP contribution in [0.25, 0.3) is 10.9 Å². The Hall–Kier alpha value is -2.30. The molecule has 1 atom stereocenters. The molecule has 1 fully saturated rings. The number of nitrogens with one attached hydrogen (secondary N) is 1. The van der Waals surface area contributed by atoms with Crippen molar-refractivity contribution >= 4 is 22.7 Å². The van der Waals surface area contributed by atoms with Gasteiger partial charge in [-0.3, -0.25) is 9.59 Å². The summed E-state index contributed by atoms with van der Waals surface area (Å²) in [5.74, 6) is 0.596. The van der Waals surface area contributed by atoms with E-state index in [-0.39, 0.29) is 18.4 Å². The monoisotopic (exact) mass is 339 g/mol. The maximum absolute atomic E-state index is 13.4. The number of aromatic amines is 1. The van der Waals surface area contributed by atoms with E-state index in [0.29, 0.717) is 19.0 Å². The van der Waals surface area contributed by atoms with Crippen molar-refractivity contribution in [1.29, 1.82) is 0 Å². The molecule has 1 aromatic carbocycles. The number of aromatic nitrogens is 1. The van der Waals surface area contributed by atoms with Crippen LogP contribution in [-0.4, -0.2) is 46.2 Å². The van der Waals surface area contributed by atoms with E-state index in [1.165, 1.54) is 5.56 Å². The molecule has 25 heavy (non-hydrogen) atoms. The molecular weight excluding hydrogens is 314 g/mol. The smallest absolute Gasteiger partial charge is 0.254 e. The van der Waals surface area contributed by atoms with E-state index >= 15 is 0 Å². The molecule has 0 aliphatic carbocycles. The zero-order valence-electron chi connectivity index (χ0n) is 15.1. The van der Waals surface area contributed by atoms with Crippen LogP contribution in [0.4, 0.5) is 0 Å². The van der Waals surface area contributed by atoms with Crippen molar-refractivity contribution in [3.05, 3.63) is 35.5 Å². The van der Waals surface area contributed by atoms with Gasteiger partial charge in [-0.05, 0) is 37.3 Å². The van der Waals surface area contributed by atoms with Crippen LogP contribution in [0.5, 0.6) is 0 Å². The van der Waals surface area contributed by atoms with Gasteiger partial charge in [-0.2, -0.15) is 0 Å². The molecule has 2 aliphatic rings. The number of para-hydroxylation sites is 1. The predicted octanol–water partition coefficient (Wildman–Crippen LogP) is 2.66. The average molecular weight is 339 g/mol. The number of hydrogen-bond donors (Lipinski definition) is 1.